The minimum atomic E-state index is -4.71. The van der Waals surface area contributed by atoms with E-state index in [0.29, 0.717) is 0 Å². The van der Waals surface area contributed by atoms with Crippen molar-refractivity contribution in [1.82, 2.24) is 0 Å². The molecule has 0 radical (unpaired) electrons. The Morgan fingerprint density at radius 1 is 0.939 bits per heavy atom. The molecule has 0 spiro atoms. The first-order chi connectivity index (χ1) is 15.7. The van der Waals surface area contributed by atoms with Crippen LogP contribution in [-0.2, 0) is 10.1 Å². The molecule has 164 valence electrons. The highest BCUT2D eigenvalue weighted by Crippen LogP contribution is 2.41. The maximum Gasteiger partial charge on any atom is 0.362 e. The molecule has 33 heavy (non-hydrogen) atoms. The molecule has 1 aliphatic carbocycles. The summed E-state index contributed by atoms with van der Waals surface area (Å²) in [6, 6.07) is 13.9. The highest BCUT2D eigenvalue weighted by atomic mass is 32.2. The lowest BCUT2D eigenvalue weighted by Crippen LogP contribution is -2.21. The number of rotatable bonds is 5. The molecule has 0 unspecified atom stereocenters. The van der Waals surface area contributed by atoms with Crippen molar-refractivity contribution < 1.29 is 37.2 Å². The molecule has 0 aliphatic heterocycles. The predicted octanol–water partition coefficient (Wildman–Crippen LogP) is 2.98. The van der Waals surface area contributed by atoms with Gasteiger partial charge in [-0.05, 0) is 24.3 Å². The molecule has 0 saturated heterocycles. The van der Waals surface area contributed by atoms with Gasteiger partial charge in [0, 0.05) is 22.8 Å². The first-order valence-corrected chi connectivity index (χ1v) is 10.8. The molecule has 10 heteroatoms. The number of benzene rings is 3. The predicted molar refractivity (Wildman–Crippen MR) is 116 cm³/mol. The first kappa shape index (κ1) is 21.7. The smallest absolute Gasteiger partial charge is 0.362 e. The van der Waals surface area contributed by atoms with Crippen molar-refractivity contribution in [3.8, 4) is 17.2 Å². The number of ketones is 2. The normalized spacial score (nSPS) is 12.7. The lowest BCUT2D eigenvalue weighted by atomic mass is 9.95. The molecule has 0 heterocycles. The fourth-order valence-corrected chi connectivity index (χ4v) is 4.48. The second-order valence-corrected chi connectivity index (χ2v) is 8.42. The van der Waals surface area contributed by atoms with Gasteiger partial charge in [0.05, 0.1) is 5.56 Å². The van der Waals surface area contributed by atoms with E-state index >= 15 is 0 Å². The number of phenolic OH excluding ortho intramolecular Hbond substituents is 2. The van der Waals surface area contributed by atoms with Crippen molar-refractivity contribution in [3.63, 3.8) is 0 Å². The van der Waals surface area contributed by atoms with Crippen LogP contribution in [0.25, 0.3) is 11.6 Å². The number of aromatic hydroxyl groups is 2. The van der Waals surface area contributed by atoms with Crippen molar-refractivity contribution in [2.75, 3.05) is 0 Å². The fraction of sp³-hybridized carbons (Fsp3) is 0. The molecule has 0 fully saturated rings. The third kappa shape index (κ3) is 3.80. The Morgan fingerprint density at radius 3 is 2.36 bits per heavy atom. The minimum Gasteiger partial charge on any atom is -0.504 e. The number of hydrogen-bond acceptors (Lipinski definition) is 7. The van der Waals surface area contributed by atoms with Gasteiger partial charge in [-0.15, -0.1) is 0 Å². The van der Waals surface area contributed by atoms with E-state index in [0.717, 1.165) is 18.2 Å². The van der Waals surface area contributed by atoms with E-state index in [4.69, 9.17) is 9.71 Å². The van der Waals surface area contributed by atoms with Gasteiger partial charge in [-0.1, -0.05) is 42.5 Å². The van der Waals surface area contributed by atoms with Crippen LogP contribution in [-0.4, -0.2) is 40.7 Å². The van der Waals surface area contributed by atoms with Crippen LogP contribution in [0.2, 0.25) is 0 Å². The molecule has 3 aromatic rings. The van der Waals surface area contributed by atoms with E-state index < -0.39 is 43.8 Å². The zero-order valence-electron chi connectivity index (χ0n) is 16.7. The van der Waals surface area contributed by atoms with E-state index in [2.05, 4.69) is 4.79 Å². The molecular weight excluding hydrogens is 448 g/mol. The summed E-state index contributed by atoms with van der Waals surface area (Å²) < 4.78 is 31.5. The van der Waals surface area contributed by atoms with Crippen LogP contribution >= 0.6 is 0 Å². The van der Waals surface area contributed by atoms with E-state index in [1.165, 1.54) is 36.4 Å². The Labute approximate surface area is 187 Å². The summed E-state index contributed by atoms with van der Waals surface area (Å²) in [4.78, 5) is 27.8. The van der Waals surface area contributed by atoms with Gasteiger partial charge in [0.1, 0.15) is 4.90 Å². The van der Waals surface area contributed by atoms with Crippen LogP contribution in [0.15, 0.2) is 71.6 Å². The zero-order chi connectivity index (χ0) is 23.8. The first-order valence-electron chi connectivity index (χ1n) is 9.41. The fourth-order valence-electron chi connectivity index (χ4n) is 3.31. The van der Waals surface area contributed by atoms with Gasteiger partial charge in [0.25, 0.3) is 5.78 Å². The molecule has 2 N–H and O–H groups in total. The largest absolute Gasteiger partial charge is 0.504 e. The van der Waals surface area contributed by atoms with E-state index in [1.807, 2.05) is 0 Å². The number of hydrogen-bond donors (Lipinski definition) is 2. The monoisotopic (exact) mass is 462 g/mol. The molecule has 0 bridgehead atoms. The average molecular weight is 462 g/mol. The van der Waals surface area contributed by atoms with Gasteiger partial charge in [0.15, 0.2) is 17.3 Å². The number of carbonyl (C=O) groups is 2. The van der Waals surface area contributed by atoms with Crippen LogP contribution in [0, 0.1) is 0 Å². The van der Waals surface area contributed by atoms with Gasteiger partial charge in [-0.2, -0.15) is 13.2 Å². The standard InChI is InChI=1S/C23H14N2O7S/c24-25-17-11-9-14-15(21(17)28)7-4-8-19(14)33(30,31)32-23-16(10-12-18(26)22(23)29)20(27)13-5-2-1-3-6-13/h1-12,26,29H. The van der Waals surface area contributed by atoms with E-state index in [9.17, 15) is 28.2 Å². The number of Topliss-reactive ketones (excluding diaryl/α,β-unsaturated/α-hetero) is 1. The summed E-state index contributed by atoms with van der Waals surface area (Å²) >= 11 is 0. The second kappa shape index (κ2) is 8.19. The molecule has 1 aliphatic rings. The Kier molecular flexibility index (Phi) is 5.39. The average Bonchev–Trinajstić information content (AvgIpc) is 2.82. The minimum absolute atomic E-state index is 0.0227. The Hall–Kier alpha value is -4.53. The van der Waals surface area contributed by atoms with Crippen LogP contribution in [0.1, 0.15) is 31.8 Å². The molecular formula is C23H14N2O7S. The summed E-state index contributed by atoms with van der Waals surface area (Å²) in [7, 11) is -4.71. The van der Waals surface area contributed by atoms with Gasteiger partial charge in [0.2, 0.25) is 5.75 Å². The van der Waals surface area contributed by atoms with E-state index in [1.54, 1.807) is 18.2 Å². The van der Waals surface area contributed by atoms with E-state index in [-0.39, 0.29) is 28.0 Å². The van der Waals surface area contributed by atoms with Gasteiger partial charge in [-0.25, -0.2) is 0 Å². The molecule has 0 atom stereocenters. The lowest BCUT2D eigenvalue weighted by Gasteiger charge is -2.16. The molecule has 0 amide bonds. The topological polar surface area (TPSA) is 154 Å². The highest BCUT2D eigenvalue weighted by Gasteiger charge is 2.33. The molecule has 9 nitrogen and oxygen atoms in total. The number of nitrogens with zero attached hydrogens (tertiary/aromatic N) is 2. The molecule has 0 saturated carbocycles. The maximum absolute atomic E-state index is 13.2. The lowest BCUT2D eigenvalue weighted by molar-refractivity contribution is -0.00436. The summed E-state index contributed by atoms with van der Waals surface area (Å²) in [6.07, 6.45) is 2.40. The second-order valence-electron chi connectivity index (χ2n) is 6.91. The summed E-state index contributed by atoms with van der Waals surface area (Å²) in [5, 5.41) is 20.2. The maximum atomic E-state index is 13.2. The number of allylic oxidation sites excluding steroid dienone is 1. The SMILES string of the molecule is [N-]=[N+]=C1C=Cc2c(cccc2S(=O)(=O)Oc2c(C(=O)c3ccccc3)ccc(O)c2O)C1=O. The Morgan fingerprint density at radius 2 is 1.67 bits per heavy atom. The molecule has 3 aromatic carbocycles. The summed E-state index contributed by atoms with van der Waals surface area (Å²) in [6.45, 7) is 0. The Bertz CT molecular complexity index is 1500. The van der Waals surface area contributed by atoms with Crippen molar-refractivity contribution in [1.29, 1.82) is 0 Å². The highest BCUT2D eigenvalue weighted by molar-refractivity contribution is 7.87. The van der Waals surface area contributed by atoms with Crippen LogP contribution in [0.5, 0.6) is 17.2 Å². The number of fused-ring (bicyclic) bond motifs is 1. The van der Waals surface area contributed by atoms with Gasteiger partial charge >= 0.3 is 15.8 Å². The summed E-state index contributed by atoms with van der Waals surface area (Å²) in [5.41, 5.74) is 8.49. The van der Waals surface area contributed by atoms with Crippen molar-refractivity contribution >= 4 is 33.5 Å². The number of phenols is 2. The van der Waals surface area contributed by atoms with Crippen LogP contribution in [0.4, 0.5) is 0 Å². The van der Waals surface area contributed by atoms with Crippen LogP contribution < -0.4 is 4.18 Å². The van der Waals surface area contributed by atoms with Crippen molar-refractivity contribution in [3.05, 3.63) is 94.5 Å². The molecule has 0 aromatic heterocycles. The number of carbonyl (C=O) groups excluding carboxylic acids is 2. The summed E-state index contributed by atoms with van der Waals surface area (Å²) in [5.74, 6) is -3.74. The van der Waals surface area contributed by atoms with Crippen LogP contribution in [0.3, 0.4) is 0 Å². The zero-order valence-corrected chi connectivity index (χ0v) is 17.5. The third-order valence-corrected chi connectivity index (χ3v) is 6.19. The Balaban J connectivity index is 1.83. The van der Waals surface area contributed by atoms with Gasteiger partial charge in [-0.3, -0.25) is 9.59 Å². The third-order valence-electron chi connectivity index (χ3n) is 4.91. The molecule has 4 rings (SSSR count). The van der Waals surface area contributed by atoms with Crippen molar-refractivity contribution in [2.45, 2.75) is 4.90 Å². The quantitative estimate of drug-likeness (QED) is 0.194. The van der Waals surface area contributed by atoms with Gasteiger partial charge < -0.3 is 19.9 Å². The van der Waals surface area contributed by atoms with Crippen molar-refractivity contribution in [2.24, 2.45) is 0 Å².